The number of nitrogens with one attached hydrogen (secondary N) is 2. The standard InChI is InChI=1S/C17H18N4O/c1-3-11(2)17(22)19-16-14-9-13(10-18-15(14)20-21-16)12-7-5-4-6-8-12/h4-11H,3H2,1-2H3,(H2,18,19,20,21,22). The van der Waals surface area contributed by atoms with Gasteiger partial charge in [0.25, 0.3) is 0 Å². The zero-order chi connectivity index (χ0) is 15.5. The number of hydrogen-bond donors (Lipinski definition) is 2. The Labute approximate surface area is 128 Å². The summed E-state index contributed by atoms with van der Waals surface area (Å²) in [5, 5.41) is 10.7. The highest BCUT2D eigenvalue weighted by molar-refractivity contribution is 6.00. The highest BCUT2D eigenvalue weighted by atomic mass is 16.1. The number of benzene rings is 1. The van der Waals surface area contributed by atoms with Gasteiger partial charge in [-0.25, -0.2) is 4.98 Å². The van der Waals surface area contributed by atoms with Crippen LogP contribution in [0.4, 0.5) is 5.82 Å². The van der Waals surface area contributed by atoms with Crippen LogP contribution in [0.5, 0.6) is 0 Å². The molecule has 3 aromatic rings. The van der Waals surface area contributed by atoms with Crippen molar-refractivity contribution in [2.45, 2.75) is 20.3 Å². The molecule has 0 aliphatic carbocycles. The fourth-order valence-corrected chi connectivity index (χ4v) is 2.22. The zero-order valence-electron chi connectivity index (χ0n) is 12.6. The molecule has 0 aliphatic rings. The maximum Gasteiger partial charge on any atom is 0.228 e. The molecule has 0 saturated carbocycles. The number of carbonyl (C=O) groups excluding carboxylic acids is 1. The van der Waals surface area contributed by atoms with E-state index in [1.807, 2.05) is 50.2 Å². The molecular formula is C17H18N4O. The molecule has 2 heterocycles. The minimum absolute atomic E-state index is 0.0156. The molecule has 0 spiro atoms. The predicted octanol–water partition coefficient (Wildman–Crippen LogP) is 3.61. The quantitative estimate of drug-likeness (QED) is 0.772. The first-order valence-electron chi connectivity index (χ1n) is 7.39. The molecule has 22 heavy (non-hydrogen) atoms. The molecular weight excluding hydrogens is 276 g/mol. The fraction of sp³-hybridized carbons (Fsp3) is 0.235. The second kappa shape index (κ2) is 5.97. The van der Waals surface area contributed by atoms with Crippen molar-refractivity contribution in [2.24, 2.45) is 5.92 Å². The Morgan fingerprint density at radius 3 is 2.77 bits per heavy atom. The number of nitrogens with zero attached hydrogens (tertiary/aromatic N) is 2. The Morgan fingerprint density at radius 1 is 1.27 bits per heavy atom. The van der Waals surface area contributed by atoms with Crippen LogP contribution in [0.15, 0.2) is 42.6 Å². The number of hydrogen-bond acceptors (Lipinski definition) is 3. The third-order valence-electron chi connectivity index (χ3n) is 3.82. The molecule has 1 amide bonds. The average molecular weight is 294 g/mol. The maximum absolute atomic E-state index is 12.1. The topological polar surface area (TPSA) is 70.7 Å². The molecule has 5 heteroatoms. The van der Waals surface area contributed by atoms with Crippen LogP contribution in [0, 0.1) is 5.92 Å². The minimum Gasteiger partial charge on any atom is -0.310 e. The molecule has 0 bridgehead atoms. The second-order valence-corrected chi connectivity index (χ2v) is 5.36. The normalized spacial score (nSPS) is 12.3. The monoisotopic (exact) mass is 294 g/mol. The largest absolute Gasteiger partial charge is 0.310 e. The molecule has 1 atom stereocenters. The smallest absolute Gasteiger partial charge is 0.228 e. The maximum atomic E-state index is 12.1. The van der Waals surface area contributed by atoms with Crippen LogP contribution in [0.1, 0.15) is 20.3 Å². The third kappa shape index (κ3) is 2.70. The van der Waals surface area contributed by atoms with Crippen molar-refractivity contribution in [2.75, 3.05) is 5.32 Å². The lowest BCUT2D eigenvalue weighted by molar-refractivity contribution is -0.119. The Kier molecular flexibility index (Phi) is 3.87. The highest BCUT2D eigenvalue weighted by Crippen LogP contribution is 2.26. The van der Waals surface area contributed by atoms with E-state index in [-0.39, 0.29) is 11.8 Å². The number of aromatic nitrogens is 3. The van der Waals surface area contributed by atoms with E-state index < -0.39 is 0 Å². The molecule has 0 aliphatic heterocycles. The summed E-state index contributed by atoms with van der Waals surface area (Å²) in [6.07, 6.45) is 2.59. The SMILES string of the molecule is CCC(C)C(=O)Nc1[nH]nc2ncc(-c3ccccc3)cc12. The zero-order valence-corrected chi connectivity index (χ0v) is 12.6. The van der Waals surface area contributed by atoms with E-state index in [9.17, 15) is 4.79 Å². The average Bonchev–Trinajstić information content (AvgIpc) is 2.97. The summed E-state index contributed by atoms with van der Waals surface area (Å²) in [7, 11) is 0. The number of aromatic amines is 1. The molecule has 1 unspecified atom stereocenters. The second-order valence-electron chi connectivity index (χ2n) is 5.36. The van der Waals surface area contributed by atoms with Crippen LogP contribution < -0.4 is 5.32 Å². The Hall–Kier alpha value is -2.69. The molecule has 0 radical (unpaired) electrons. The van der Waals surface area contributed by atoms with Crippen LogP contribution in [-0.2, 0) is 4.79 Å². The first-order valence-corrected chi connectivity index (χ1v) is 7.39. The number of fused-ring (bicyclic) bond motifs is 1. The molecule has 1 aromatic carbocycles. The van der Waals surface area contributed by atoms with Gasteiger partial charge in [0, 0.05) is 17.7 Å². The summed E-state index contributed by atoms with van der Waals surface area (Å²) in [5.74, 6) is 0.548. The lowest BCUT2D eigenvalue weighted by atomic mass is 10.1. The lowest BCUT2D eigenvalue weighted by Crippen LogP contribution is -2.19. The van der Waals surface area contributed by atoms with Gasteiger partial charge in [-0.2, -0.15) is 5.10 Å². The molecule has 0 fully saturated rings. The Morgan fingerprint density at radius 2 is 2.05 bits per heavy atom. The van der Waals surface area contributed by atoms with Gasteiger partial charge in [-0.3, -0.25) is 9.89 Å². The number of H-pyrrole nitrogens is 1. The van der Waals surface area contributed by atoms with Crippen LogP contribution in [0.3, 0.4) is 0 Å². The molecule has 112 valence electrons. The van der Waals surface area contributed by atoms with E-state index in [2.05, 4.69) is 20.5 Å². The molecule has 2 aromatic heterocycles. The van der Waals surface area contributed by atoms with E-state index in [0.717, 1.165) is 22.9 Å². The van der Waals surface area contributed by atoms with Gasteiger partial charge in [0.2, 0.25) is 5.91 Å². The van der Waals surface area contributed by atoms with Gasteiger partial charge < -0.3 is 5.32 Å². The lowest BCUT2D eigenvalue weighted by Gasteiger charge is -2.08. The van der Waals surface area contributed by atoms with E-state index >= 15 is 0 Å². The van der Waals surface area contributed by atoms with Crippen LogP contribution in [-0.4, -0.2) is 21.1 Å². The van der Waals surface area contributed by atoms with Crippen molar-refractivity contribution in [1.82, 2.24) is 15.2 Å². The summed E-state index contributed by atoms with van der Waals surface area (Å²) in [6.45, 7) is 3.89. The first-order chi connectivity index (χ1) is 10.7. The number of pyridine rings is 1. The van der Waals surface area contributed by atoms with Crippen molar-refractivity contribution in [3.8, 4) is 11.1 Å². The number of amides is 1. The molecule has 5 nitrogen and oxygen atoms in total. The summed E-state index contributed by atoms with van der Waals surface area (Å²) in [4.78, 5) is 16.4. The van der Waals surface area contributed by atoms with E-state index in [4.69, 9.17) is 0 Å². The minimum atomic E-state index is -0.0383. The van der Waals surface area contributed by atoms with Gasteiger partial charge in [0.1, 0.15) is 5.82 Å². The van der Waals surface area contributed by atoms with E-state index in [1.165, 1.54) is 0 Å². The number of carbonyl (C=O) groups is 1. The van der Waals surface area contributed by atoms with Gasteiger partial charge in [-0.05, 0) is 18.1 Å². The van der Waals surface area contributed by atoms with Crippen molar-refractivity contribution in [3.63, 3.8) is 0 Å². The summed E-state index contributed by atoms with van der Waals surface area (Å²) in [6, 6.07) is 12.0. The van der Waals surface area contributed by atoms with Crippen LogP contribution >= 0.6 is 0 Å². The first kappa shape index (κ1) is 14.3. The molecule has 2 N–H and O–H groups in total. The summed E-state index contributed by atoms with van der Waals surface area (Å²) in [5.41, 5.74) is 2.67. The van der Waals surface area contributed by atoms with Crippen LogP contribution in [0.25, 0.3) is 22.2 Å². The Balaban J connectivity index is 1.97. The number of anilines is 1. The summed E-state index contributed by atoms with van der Waals surface area (Å²) < 4.78 is 0. The van der Waals surface area contributed by atoms with Gasteiger partial charge in [-0.15, -0.1) is 0 Å². The van der Waals surface area contributed by atoms with Crippen molar-refractivity contribution < 1.29 is 4.79 Å². The van der Waals surface area contributed by atoms with Crippen molar-refractivity contribution in [1.29, 1.82) is 0 Å². The summed E-state index contributed by atoms with van der Waals surface area (Å²) >= 11 is 0. The van der Waals surface area contributed by atoms with Gasteiger partial charge >= 0.3 is 0 Å². The van der Waals surface area contributed by atoms with Gasteiger partial charge in [0.05, 0.1) is 5.39 Å². The highest BCUT2D eigenvalue weighted by Gasteiger charge is 2.14. The Bertz CT molecular complexity index is 795. The van der Waals surface area contributed by atoms with E-state index in [0.29, 0.717) is 11.5 Å². The van der Waals surface area contributed by atoms with Gasteiger partial charge in [-0.1, -0.05) is 44.2 Å². The van der Waals surface area contributed by atoms with E-state index in [1.54, 1.807) is 6.20 Å². The third-order valence-corrected chi connectivity index (χ3v) is 3.82. The number of rotatable bonds is 4. The van der Waals surface area contributed by atoms with Gasteiger partial charge in [0.15, 0.2) is 5.65 Å². The molecule has 0 saturated heterocycles. The fourth-order valence-electron chi connectivity index (χ4n) is 2.22. The predicted molar refractivity (Wildman–Crippen MR) is 87.4 cm³/mol. The van der Waals surface area contributed by atoms with Crippen LogP contribution in [0.2, 0.25) is 0 Å². The van der Waals surface area contributed by atoms with Crippen molar-refractivity contribution in [3.05, 3.63) is 42.6 Å². The van der Waals surface area contributed by atoms with Crippen molar-refractivity contribution >= 4 is 22.8 Å². The molecule has 3 rings (SSSR count).